The van der Waals surface area contributed by atoms with Gasteiger partial charge in [-0.2, -0.15) is 0 Å². The van der Waals surface area contributed by atoms with Crippen LogP contribution in [-0.2, 0) is 20.7 Å². The molecule has 32 heavy (non-hydrogen) atoms. The maximum absolute atomic E-state index is 12.8. The van der Waals surface area contributed by atoms with E-state index in [0.29, 0.717) is 30.0 Å². The van der Waals surface area contributed by atoms with Gasteiger partial charge in [-0.1, -0.05) is 30.3 Å². The zero-order valence-electron chi connectivity index (χ0n) is 18.5. The fraction of sp³-hybridized carbons (Fsp3) is 0.333. The number of fused-ring (bicyclic) bond motifs is 1. The lowest BCUT2D eigenvalue weighted by atomic mass is 9.97. The van der Waals surface area contributed by atoms with E-state index in [-0.39, 0.29) is 11.4 Å². The van der Waals surface area contributed by atoms with Gasteiger partial charge in [-0.3, -0.25) is 5.41 Å². The molecular weight excluding hydrogens is 412 g/mol. The standard InChI is InChI=1S/C24H26N2O6/c1-24(2)31-22(27)19(23(28)32-24)20-15-7-5-6-8-16(15)21(25)26(20)12-11-14-9-10-17(29-3)18(13-14)30-4/h5-10,13,20,25,27H,11-12H2,1-4H3. The molecule has 2 N–H and O–H groups in total. The van der Waals surface area contributed by atoms with Crippen LogP contribution in [-0.4, -0.2) is 48.4 Å². The number of nitrogens with one attached hydrogen (secondary N) is 1. The topological polar surface area (TPSA) is 101 Å². The van der Waals surface area contributed by atoms with Crippen molar-refractivity contribution in [3.8, 4) is 11.5 Å². The van der Waals surface area contributed by atoms with Gasteiger partial charge in [-0.05, 0) is 29.7 Å². The first-order valence-corrected chi connectivity index (χ1v) is 10.3. The second-order valence-electron chi connectivity index (χ2n) is 8.08. The van der Waals surface area contributed by atoms with Gasteiger partial charge >= 0.3 is 5.97 Å². The summed E-state index contributed by atoms with van der Waals surface area (Å²) >= 11 is 0. The smallest absolute Gasteiger partial charge is 0.347 e. The number of hydrogen-bond donors (Lipinski definition) is 2. The first kappa shape index (κ1) is 21.5. The highest BCUT2D eigenvalue weighted by Crippen LogP contribution is 2.42. The Balaban J connectivity index is 1.68. The van der Waals surface area contributed by atoms with Crippen molar-refractivity contribution in [1.29, 1.82) is 5.41 Å². The Morgan fingerprint density at radius 1 is 1.09 bits per heavy atom. The van der Waals surface area contributed by atoms with Crippen LogP contribution in [0, 0.1) is 5.41 Å². The summed E-state index contributed by atoms with van der Waals surface area (Å²) in [6, 6.07) is 12.3. The Labute approximate surface area is 186 Å². The second kappa shape index (κ2) is 8.11. The van der Waals surface area contributed by atoms with Gasteiger partial charge in [-0.15, -0.1) is 0 Å². The minimum Gasteiger partial charge on any atom is -0.493 e. The predicted molar refractivity (Wildman–Crippen MR) is 117 cm³/mol. The molecule has 168 valence electrons. The van der Waals surface area contributed by atoms with E-state index in [9.17, 15) is 9.90 Å². The molecule has 0 amide bonds. The summed E-state index contributed by atoms with van der Waals surface area (Å²) in [7, 11) is 3.16. The van der Waals surface area contributed by atoms with Crippen LogP contribution in [0.3, 0.4) is 0 Å². The minimum atomic E-state index is -1.26. The molecule has 2 aliphatic rings. The van der Waals surface area contributed by atoms with Crippen LogP contribution in [0.4, 0.5) is 0 Å². The summed E-state index contributed by atoms with van der Waals surface area (Å²) in [5.74, 6) is -0.880. The molecule has 0 saturated carbocycles. The van der Waals surface area contributed by atoms with Gasteiger partial charge in [0.15, 0.2) is 11.5 Å². The lowest BCUT2D eigenvalue weighted by Crippen LogP contribution is -2.41. The van der Waals surface area contributed by atoms with Crippen molar-refractivity contribution in [2.24, 2.45) is 0 Å². The number of carbonyl (C=O) groups is 1. The number of aliphatic hydroxyl groups is 1. The van der Waals surface area contributed by atoms with Crippen molar-refractivity contribution in [1.82, 2.24) is 4.90 Å². The molecule has 0 aromatic heterocycles. The number of cyclic esters (lactones) is 1. The normalized spacial score (nSPS) is 19.4. The molecule has 0 aliphatic carbocycles. The summed E-state index contributed by atoms with van der Waals surface area (Å²) in [6.07, 6.45) is 0.572. The third-order valence-corrected chi connectivity index (χ3v) is 5.60. The molecule has 2 heterocycles. The average Bonchev–Trinajstić information content (AvgIpc) is 3.02. The van der Waals surface area contributed by atoms with Crippen LogP contribution >= 0.6 is 0 Å². The highest BCUT2D eigenvalue weighted by atomic mass is 16.8. The van der Waals surface area contributed by atoms with Crippen LogP contribution in [0.15, 0.2) is 54.0 Å². The maximum atomic E-state index is 12.8. The van der Waals surface area contributed by atoms with Crippen LogP contribution in [0.25, 0.3) is 0 Å². The molecule has 0 fully saturated rings. The van der Waals surface area contributed by atoms with Crippen molar-refractivity contribution in [3.63, 3.8) is 0 Å². The number of methoxy groups -OCH3 is 2. The van der Waals surface area contributed by atoms with Crippen LogP contribution < -0.4 is 9.47 Å². The van der Waals surface area contributed by atoms with Crippen molar-refractivity contribution in [3.05, 3.63) is 70.7 Å². The molecule has 1 atom stereocenters. The zero-order chi connectivity index (χ0) is 23.0. The van der Waals surface area contributed by atoms with E-state index >= 15 is 0 Å². The summed E-state index contributed by atoms with van der Waals surface area (Å²) < 4.78 is 21.5. The van der Waals surface area contributed by atoms with Gasteiger partial charge in [0.2, 0.25) is 0 Å². The SMILES string of the molecule is COc1ccc(CCN2C(=N)c3ccccc3C2C2=C(O)OC(C)(C)OC2=O)cc1OC. The quantitative estimate of drug-likeness (QED) is 0.663. The third kappa shape index (κ3) is 3.72. The predicted octanol–water partition coefficient (Wildman–Crippen LogP) is 3.71. The first-order chi connectivity index (χ1) is 15.3. The van der Waals surface area contributed by atoms with Gasteiger partial charge < -0.3 is 29.0 Å². The summed E-state index contributed by atoms with van der Waals surface area (Å²) in [4.78, 5) is 14.6. The van der Waals surface area contributed by atoms with Gasteiger partial charge in [-0.25, -0.2) is 4.79 Å². The van der Waals surface area contributed by atoms with Crippen molar-refractivity contribution in [2.45, 2.75) is 32.1 Å². The molecular formula is C24H26N2O6. The highest BCUT2D eigenvalue weighted by molar-refractivity contribution is 6.04. The van der Waals surface area contributed by atoms with Crippen LogP contribution in [0.5, 0.6) is 11.5 Å². The van der Waals surface area contributed by atoms with Gasteiger partial charge in [0.1, 0.15) is 11.4 Å². The second-order valence-corrected chi connectivity index (χ2v) is 8.08. The Kier molecular flexibility index (Phi) is 5.46. The molecule has 4 rings (SSSR count). The fourth-order valence-corrected chi connectivity index (χ4v) is 4.14. The van der Waals surface area contributed by atoms with Gasteiger partial charge in [0.05, 0.1) is 20.3 Å². The van der Waals surface area contributed by atoms with E-state index in [4.69, 9.17) is 24.4 Å². The lowest BCUT2D eigenvalue weighted by Gasteiger charge is -2.35. The number of esters is 1. The lowest BCUT2D eigenvalue weighted by molar-refractivity contribution is -0.223. The van der Waals surface area contributed by atoms with Crippen molar-refractivity contribution >= 4 is 11.8 Å². The summed E-state index contributed by atoms with van der Waals surface area (Å²) in [6.45, 7) is 3.52. The number of amidine groups is 1. The molecule has 2 aliphatic heterocycles. The molecule has 0 bridgehead atoms. The van der Waals surface area contributed by atoms with E-state index in [1.807, 2.05) is 42.5 Å². The van der Waals surface area contributed by atoms with E-state index in [2.05, 4.69) is 0 Å². The van der Waals surface area contributed by atoms with Crippen LogP contribution in [0.2, 0.25) is 0 Å². The van der Waals surface area contributed by atoms with Crippen molar-refractivity contribution in [2.75, 3.05) is 20.8 Å². The third-order valence-electron chi connectivity index (χ3n) is 5.60. The Morgan fingerprint density at radius 2 is 1.81 bits per heavy atom. The number of carbonyl (C=O) groups excluding carboxylic acids is 1. The monoisotopic (exact) mass is 438 g/mol. The first-order valence-electron chi connectivity index (χ1n) is 10.3. The summed E-state index contributed by atoms with van der Waals surface area (Å²) in [5.41, 5.74) is 2.41. The molecule has 8 heteroatoms. The minimum absolute atomic E-state index is 0.00802. The van der Waals surface area contributed by atoms with E-state index in [0.717, 1.165) is 11.1 Å². The molecule has 8 nitrogen and oxygen atoms in total. The molecule has 0 spiro atoms. The zero-order valence-corrected chi connectivity index (χ0v) is 18.5. The van der Waals surface area contributed by atoms with E-state index in [1.54, 1.807) is 33.0 Å². The molecule has 0 saturated heterocycles. The van der Waals surface area contributed by atoms with E-state index in [1.165, 1.54) is 0 Å². The van der Waals surface area contributed by atoms with E-state index < -0.39 is 23.7 Å². The number of benzene rings is 2. The highest BCUT2D eigenvalue weighted by Gasteiger charge is 2.46. The average molecular weight is 438 g/mol. The Bertz CT molecular complexity index is 1110. The van der Waals surface area contributed by atoms with Crippen molar-refractivity contribution < 1.29 is 28.8 Å². The Hall–Kier alpha value is -3.68. The van der Waals surface area contributed by atoms with Gasteiger partial charge in [0, 0.05) is 26.0 Å². The molecule has 1 unspecified atom stereocenters. The fourth-order valence-electron chi connectivity index (χ4n) is 4.14. The number of aliphatic hydroxyl groups excluding tert-OH is 1. The molecule has 2 aromatic rings. The van der Waals surface area contributed by atoms with Gasteiger partial charge in [0.25, 0.3) is 11.7 Å². The largest absolute Gasteiger partial charge is 0.493 e. The number of rotatable bonds is 6. The molecule has 0 radical (unpaired) electrons. The number of ether oxygens (including phenoxy) is 4. The number of nitrogens with zero attached hydrogens (tertiary/aromatic N) is 1. The Morgan fingerprint density at radius 3 is 2.50 bits per heavy atom. The van der Waals surface area contributed by atoms with Crippen LogP contribution in [0.1, 0.15) is 36.6 Å². The number of hydrogen-bond acceptors (Lipinski definition) is 7. The maximum Gasteiger partial charge on any atom is 0.347 e. The summed E-state index contributed by atoms with van der Waals surface area (Å²) in [5, 5.41) is 19.3. The molecule has 2 aromatic carbocycles.